The highest BCUT2D eigenvalue weighted by Gasteiger charge is 2.49. The fourth-order valence-corrected chi connectivity index (χ4v) is 4.23. The van der Waals surface area contributed by atoms with Gasteiger partial charge in [-0.05, 0) is 18.2 Å². The van der Waals surface area contributed by atoms with E-state index >= 15 is 0 Å². The molecule has 4 rings (SSSR count). The summed E-state index contributed by atoms with van der Waals surface area (Å²) >= 11 is 0. The SMILES string of the molecule is O=c1c(OC2OC(CO)C(O)C(O)C2OS(=O)(=O)O)c(-c2ccc(O)c(O)c2)oc2cc(O)cc(O)c12. The molecule has 1 aliphatic heterocycles. The zero-order valence-electron chi connectivity index (χ0n) is 18.3. The van der Waals surface area contributed by atoms with E-state index < -0.39 is 93.0 Å². The predicted octanol–water partition coefficient (Wildman–Crippen LogP) is -0.712. The van der Waals surface area contributed by atoms with E-state index in [9.17, 15) is 49.0 Å². The molecule has 1 saturated heterocycles. The van der Waals surface area contributed by atoms with Gasteiger partial charge in [-0.2, -0.15) is 8.42 Å². The van der Waals surface area contributed by atoms with Gasteiger partial charge in [0.15, 0.2) is 23.4 Å². The van der Waals surface area contributed by atoms with Gasteiger partial charge in [0.05, 0.1) is 6.61 Å². The highest BCUT2D eigenvalue weighted by Crippen LogP contribution is 2.39. The summed E-state index contributed by atoms with van der Waals surface area (Å²) in [7, 11) is -5.28. The molecule has 0 aliphatic carbocycles. The molecule has 1 aromatic heterocycles. The summed E-state index contributed by atoms with van der Waals surface area (Å²) in [5.74, 6) is -3.72. The second-order valence-electron chi connectivity index (χ2n) is 7.94. The van der Waals surface area contributed by atoms with Crippen molar-refractivity contribution < 1.29 is 66.8 Å². The van der Waals surface area contributed by atoms with Crippen LogP contribution in [-0.2, 0) is 19.3 Å². The van der Waals surface area contributed by atoms with Gasteiger partial charge in [0.2, 0.25) is 17.5 Å². The third-order valence-electron chi connectivity index (χ3n) is 5.45. The Morgan fingerprint density at radius 3 is 2.27 bits per heavy atom. The Labute approximate surface area is 206 Å². The van der Waals surface area contributed by atoms with Gasteiger partial charge in [0, 0.05) is 17.7 Å². The minimum atomic E-state index is -5.28. The normalized spacial score (nSPS) is 24.3. The molecular weight excluding hydrogens is 524 g/mol. The lowest BCUT2D eigenvalue weighted by Gasteiger charge is -2.40. The van der Waals surface area contributed by atoms with E-state index in [2.05, 4.69) is 4.18 Å². The van der Waals surface area contributed by atoms with Crippen molar-refractivity contribution >= 4 is 21.4 Å². The Bertz CT molecular complexity index is 1500. The summed E-state index contributed by atoms with van der Waals surface area (Å²) in [4.78, 5) is 13.4. The van der Waals surface area contributed by atoms with E-state index in [0.29, 0.717) is 0 Å². The summed E-state index contributed by atoms with van der Waals surface area (Å²) < 4.78 is 52.7. The maximum Gasteiger partial charge on any atom is 0.397 e. The number of ether oxygens (including phenoxy) is 2. The van der Waals surface area contributed by atoms with Crippen molar-refractivity contribution in [2.45, 2.75) is 30.7 Å². The van der Waals surface area contributed by atoms with Crippen LogP contribution in [0.2, 0.25) is 0 Å². The van der Waals surface area contributed by atoms with Crippen LogP contribution in [0, 0.1) is 0 Å². The maximum absolute atomic E-state index is 13.4. The van der Waals surface area contributed by atoms with Crippen LogP contribution in [0.5, 0.6) is 28.7 Å². The van der Waals surface area contributed by atoms with E-state index in [-0.39, 0.29) is 11.1 Å². The molecule has 2 heterocycles. The monoisotopic (exact) mass is 544 g/mol. The van der Waals surface area contributed by atoms with Gasteiger partial charge in [-0.15, -0.1) is 0 Å². The molecule has 5 atom stereocenters. The Kier molecular flexibility index (Phi) is 6.91. The maximum atomic E-state index is 13.4. The first-order valence-electron chi connectivity index (χ1n) is 10.3. The topological polar surface area (TPSA) is 254 Å². The number of phenols is 4. The second kappa shape index (κ2) is 9.67. The lowest BCUT2D eigenvalue weighted by atomic mass is 9.99. The van der Waals surface area contributed by atoms with Crippen molar-refractivity contribution in [1.29, 1.82) is 0 Å². The van der Waals surface area contributed by atoms with Gasteiger partial charge in [0.1, 0.15) is 40.8 Å². The Morgan fingerprint density at radius 2 is 1.65 bits per heavy atom. The number of hydrogen-bond acceptors (Lipinski definition) is 14. The van der Waals surface area contributed by atoms with Crippen molar-refractivity contribution in [3.63, 3.8) is 0 Å². The average Bonchev–Trinajstić information content (AvgIpc) is 2.80. The van der Waals surface area contributed by atoms with E-state index in [1.807, 2.05) is 0 Å². The quantitative estimate of drug-likeness (QED) is 0.141. The molecular formula is C21H20O15S. The summed E-state index contributed by atoms with van der Waals surface area (Å²) in [6.07, 6.45) is -9.89. The van der Waals surface area contributed by atoms with Crippen molar-refractivity contribution in [1.82, 2.24) is 0 Å². The molecule has 0 bridgehead atoms. The van der Waals surface area contributed by atoms with E-state index in [4.69, 9.17) is 18.4 Å². The van der Waals surface area contributed by atoms with Gasteiger partial charge in [-0.1, -0.05) is 0 Å². The zero-order chi connectivity index (χ0) is 27.2. The smallest absolute Gasteiger partial charge is 0.397 e. The molecule has 200 valence electrons. The molecule has 1 aliphatic rings. The van der Waals surface area contributed by atoms with Crippen molar-refractivity contribution in [3.8, 4) is 40.1 Å². The molecule has 0 spiro atoms. The summed E-state index contributed by atoms with van der Waals surface area (Å²) in [6, 6.07) is 4.96. The predicted molar refractivity (Wildman–Crippen MR) is 119 cm³/mol. The number of benzene rings is 2. The molecule has 3 aromatic rings. The lowest BCUT2D eigenvalue weighted by molar-refractivity contribution is -0.271. The van der Waals surface area contributed by atoms with Gasteiger partial charge in [0.25, 0.3) is 0 Å². The van der Waals surface area contributed by atoms with Gasteiger partial charge in [-0.3, -0.25) is 9.35 Å². The average molecular weight is 544 g/mol. The van der Waals surface area contributed by atoms with Gasteiger partial charge in [-0.25, -0.2) is 4.18 Å². The van der Waals surface area contributed by atoms with Crippen LogP contribution in [0.1, 0.15) is 0 Å². The van der Waals surface area contributed by atoms with Crippen LogP contribution in [0.3, 0.4) is 0 Å². The number of fused-ring (bicyclic) bond motifs is 1. The fraction of sp³-hybridized carbons (Fsp3) is 0.286. The molecule has 16 heteroatoms. The van der Waals surface area contributed by atoms with Crippen molar-refractivity contribution in [2.75, 3.05) is 6.61 Å². The molecule has 37 heavy (non-hydrogen) atoms. The molecule has 1 fully saturated rings. The van der Waals surface area contributed by atoms with Crippen LogP contribution in [-0.4, -0.2) is 86.0 Å². The molecule has 0 saturated carbocycles. The lowest BCUT2D eigenvalue weighted by Crippen LogP contribution is -2.61. The first-order chi connectivity index (χ1) is 17.3. The summed E-state index contributed by atoms with van der Waals surface area (Å²) in [6.45, 7) is -0.901. The van der Waals surface area contributed by atoms with E-state index in [0.717, 1.165) is 24.3 Å². The number of rotatable bonds is 6. The highest BCUT2D eigenvalue weighted by molar-refractivity contribution is 7.80. The Balaban J connectivity index is 1.93. The van der Waals surface area contributed by atoms with Crippen LogP contribution >= 0.6 is 0 Å². The first-order valence-corrected chi connectivity index (χ1v) is 11.7. The standard InChI is InChI=1S/C21H20O15S/c22-6-13-15(27)17(29)20(36-37(30,31)32)21(34-13)35-19-16(28)14-11(26)4-8(23)5-12(14)33-18(19)7-1-2-9(24)10(25)3-7/h1-5,13,15,17,20-27,29H,6H2,(H,30,31,32). The third-order valence-corrected chi connectivity index (χ3v) is 5.91. The molecule has 0 radical (unpaired) electrons. The van der Waals surface area contributed by atoms with Gasteiger partial charge < -0.3 is 49.6 Å². The Hall–Kier alpha value is -3.64. The first kappa shape index (κ1) is 26.4. The second-order valence-corrected chi connectivity index (χ2v) is 8.99. The highest BCUT2D eigenvalue weighted by atomic mass is 32.3. The number of aliphatic hydroxyl groups is 3. The molecule has 2 aromatic carbocycles. The van der Waals surface area contributed by atoms with Crippen LogP contribution in [0.15, 0.2) is 39.5 Å². The minimum absolute atomic E-state index is 0.102. The Morgan fingerprint density at radius 1 is 0.946 bits per heavy atom. The summed E-state index contributed by atoms with van der Waals surface area (Å²) in [5.41, 5.74) is -1.57. The van der Waals surface area contributed by atoms with Gasteiger partial charge >= 0.3 is 10.4 Å². The zero-order valence-corrected chi connectivity index (χ0v) is 19.1. The number of hydrogen-bond donors (Lipinski definition) is 8. The van der Waals surface area contributed by atoms with Crippen LogP contribution in [0.25, 0.3) is 22.3 Å². The minimum Gasteiger partial charge on any atom is -0.508 e. The van der Waals surface area contributed by atoms with Crippen LogP contribution in [0.4, 0.5) is 0 Å². The number of aliphatic hydroxyl groups excluding tert-OH is 3. The summed E-state index contributed by atoms with van der Waals surface area (Å²) in [5, 5.41) is 69.1. The van der Waals surface area contributed by atoms with Crippen LogP contribution < -0.4 is 10.2 Å². The molecule has 5 unspecified atom stereocenters. The number of phenolic OH excluding ortho intramolecular Hbond substituents is 4. The fourth-order valence-electron chi connectivity index (χ4n) is 3.74. The van der Waals surface area contributed by atoms with Crippen molar-refractivity contribution in [3.05, 3.63) is 40.6 Å². The number of aromatic hydroxyl groups is 4. The molecule has 8 N–H and O–H groups in total. The molecule has 15 nitrogen and oxygen atoms in total. The largest absolute Gasteiger partial charge is 0.508 e. The van der Waals surface area contributed by atoms with Crippen molar-refractivity contribution in [2.24, 2.45) is 0 Å². The van der Waals surface area contributed by atoms with E-state index in [1.54, 1.807) is 0 Å². The van der Waals surface area contributed by atoms with E-state index in [1.165, 1.54) is 6.07 Å². The third kappa shape index (κ3) is 5.12. The molecule has 0 amide bonds.